The summed E-state index contributed by atoms with van der Waals surface area (Å²) >= 11 is 5.35. The Hall–Kier alpha value is -1.94. The van der Waals surface area contributed by atoms with Gasteiger partial charge in [-0.15, -0.1) is 0 Å². The third kappa shape index (κ3) is 4.04. The Bertz CT molecular complexity index is 655. The van der Waals surface area contributed by atoms with Gasteiger partial charge < -0.3 is 10.6 Å². The van der Waals surface area contributed by atoms with Gasteiger partial charge in [0.1, 0.15) is 5.82 Å². The minimum absolute atomic E-state index is 0.0768. The number of hydrogen-bond acceptors (Lipinski definition) is 1. The van der Waals surface area contributed by atoms with Crippen molar-refractivity contribution in [2.75, 3.05) is 5.32 Å². The van der Waals surface area contributed by atoms with Crippen molar-refractivity contribution in [2.24, 2.45) is 5.92 Å². The highest BCUT2D eigenvalue weighted by atomic mass is 32.1. The molecule has 2 aromatic rings. The van der Waals surface area contributed by atoms with E-state index in [-0.39, 0.29) is 11.9 Å². The van der Waals surface area contributed by atoms with Crippen molar-refractivity contribution in [1.29, 1.82) is 0 Å². The lowest BCUT2D eigenvalue weighted by atomic mass is 9.93. The summed E-state index contributed by atoms with van der Waals surface area (Å²) in [6.07, 6.45) is 0. The van der Waals surface area contributed by atoms with Crippen LogP contribution in [0, 0.1) is 18.7 Å². The van der Waals surface area contributed by atoms with Gasteiger partial charge in [-0.1, -0.05) is 50.2 Å². The van der Waals surface area contributed by atoms with E-state index in [1.165, 1.54) is 17.2 Å². The molecule has 2 aromatic carbocycles. The fraction of sp³-hybridized carbons (Fsp3) is 0.278. The molecule has 0 saturated heterocycles. The van der Waals surface area contributed by atoms with Gasteiger partial charge in [0.2, 0.25) is 0 Å². The first-order valence-electron chi connectivity index (χ1n) is 7.36. The highest BCUT2D eigenvalue weighted by Crippen LogP contribution is 2.25. The molecule has 1 atom stereocenters. The number of benzene rings is 2. The minimum atomic E-state index is -0.316. The second kappa shape index (κ2) is 7.36. The lowest BCUT2D eigenvalue weighted by Gasteiger charge is -2.26. The van der Waals surface area contributed by atoms with Gasteiger partial charge in [0.25, 0.3) is 0 Å². The second-order valence-corrected chi connectivity index (χ2v) is 6.06. The summed E-state index contributed by atoms with van der Waals surface area (Å²) in [6, 6.07) is 14.8. The van der Waals surface area contributed by atoms with E-state index in [0.29, 0.717) is 16.7 Å². The number of halogens is 1. The topological polar surface area (TPSA) is 24.1 Å². The van der Waals surface area contributed by atoms with E-state index < -0.39 is 0 Å². The molecule has 4 heteroatoms. The summed E-state index contributed by atoms with van der Waals surface area (Å²) in [6.45, 7) is 6.35. The van der Waals surface area contributed by atoms with Crippen LogP contribution in [-0.2, 0) is 0 Å². The first-order valence-corrected chi connectivity index (χ1v) is 7.77. The highest BCUT2D eigenvalue weighted by molar-refractivity contribution is 7.80. The third-order valence-electron chi connectivity index (χ3n) is 3.60. The molecule has 0 heterocycles. The molecule has 0 radical (unpaired) electrons. The van der Waals surface area contributed by atoms with Crippen LogP contribution in [0.15, 0.2) is 48.5 Å². The van der Waals surface area contributed by atoms with E-state index in [1.54, 1.807) is 18.2 Å². The van der Waals surface area contributed by atoms with Gasteiger partial charge in [-0.05, 0) is 48.3 Å². The molecule has 0 aromatic heterocycles. The molecule has 116 valence electrons. The number of thiocarbonyl (C=S) groups is 1. The second-order valence-electron chi connectivity index (χ2n) is 5.66. The molecule has 0 bridgehead atoms. The van der Waals surface area contributed by atoms with Crippen LogP contribution in [-0.4, -0.2) is 5.11 Å². The summed E-state index contributed by atoms with van der Waals surface area (Å²) in [5.41, 5.74) is 2.80. The maximum Gasteiger partial charge on any atom is 0.171 e. The Labute approximate surface area is 136 Å². The smallest absolute Gasteiger partial charge is 0.171 e. The zero-order valence-corrected chi connectivity index (χ0v) is 13.9. The SMILES string of the molecule is Cc1ccccc1[C@@H](NC(=S)Nc1ccccc1F)C(C)C. The van der Waals surface area contributed by atoms with E-state index in [4.69, 9.17) is 12.2 Å². The van der Waals surface area contributed by atoms with Gasteiger partial charge >= 0.3 is 0 Å². The van der Waals surface area contributed by atoms with Crippen LogP contribution in [0.4, 0.5) is 10.1 Å². The van der Waals surface area contributed by atoms with Crippen LogP contribution >= 0.6 is 12.2 Å². The van der Waals surface area contributed by atoms with Crippen LogP contribution in [0.25, 0.3) is 0 Å². The van der Waals surface area contributed by atoms with E-state index in [9.17, 15) is 4.39 Å². The minimum Gasteiger partial charge on any atom is -0.355 e. The van der Waals surface area contributed by atoms with Gasteiger partial charge in [0.05, 0.1) is 11.7 Å². The number of anilines is 1. The fourth-order valence-corrected chi connectivity index (χ4v) is 2.64. The molecule has 0 aliphatic carbocycles. The molecule has 0 aliphatic heterocycles. The molecule has 0 amide bonds. The molecule has 2 nitrogen and oxygen atoms in total. The molecule has 0 aliphatic rings. The Morgan fingerprint density at radius 1 is 1.05 bits per heavy atom. The van der Waals surface area contributed by atoms with Gasteiger partial charge in [-0.25, -0.2) is 4.39 Å². The summed E-state index contributed by atoms with van der Waals surface area (Å²) in [5, 5.41) is 6.66. The van der Waals surface area contributed by atoms with Crippen molar-refractivity contribution < 1.29 is 4.39 Å². The molecule has 0 spiro atoms. The molecular formula is C18H21FN2S. The van der Waals surface area contributed by atoms with E-state index >= 15 is 0 Å². The number of para-hydroxylation sites is 1. The predicted octanol–water partition coefficient (Wildman–Crippen LogP) is 4.82. The monoisotopic (exact) mass is 316 g/mol. The molecule has 22 heavy (non-hydrogen) atoms. The normalized spacial score (nSPS) is 12.0. The van der Waals surface area contributed by atoms with Crippen molar-refractivity contribution in [3.8, 4) is 0 Å². The molecule has 0 unspecified atom stereocenters. The van der Waals surface area contributed by atoms with Gasteiger partial charge in [-0.2, -0.15) is 0 Å². The first-order chi connectivity index (χ1) is 10.5. The molecule has 0 fully saturated rings. The highest BCUT2D eigenvalue weighted by Gasteiger charge is 2.18. The number of nitrogens with one attached hydrogen (secondary N) is 2. The zero-order valence-electron chi connectivity index (χ0n) is 13.1. The van der Waals surface area contributed by atoms with Crippen LogP contribution in [0.3, 0.4) is 0 Å². The zero-order chi connectivity index (χ0) is 16.1. The van der Waals surface area contributed by atoms with Crippen molar-refractivity contribution in [1.82, 2.24) is 5.32 Å². The fourth-order valence-electron chi connectivity index (χ4n) is 2.40. The Kier molecular flexibility index (Phi) is 5.50. The van der Waals surface area contributed by atoms with E-state index in [2.05, 4.69) is 43.5 Å². The van der Waals surface area contributed by atoms with Crippen molar-refractivity contribution in [2.45, 2.75) is 26.8 Å². The Balaban J connectivity index is 2.14. The average Bonchev–Trinajstić information content (AvgIpc) is 2.48. The lowest BCUT2D eigenvalue weighted by molar-refractivity contribution is 0.471. The quantitative estimate of drug-likeness (QED) is 0.791. The predicted molar refractivity (Wildman–Crippen MR) is 94.5 cm³/mol. The van der Waals surface area contributed by atoms with Gasteiger partial charge in [0, 0.05) is 0 Å². The largest absolute Gasteiger partial charge is 0.355 e. The number of aryl methyl sites for hydroxylation is 1. The van der Waals surface area contributed by atoms with Gasteiger partial charge in [-0.3, -0.25) is 0 Å². The van der Waals surface area contributed by atoms with Crippen LogP contribution in [0.5, 0.6) is 0 Å². The summed E-state index contributed by atoms with van der Waals surface area (Å²) in [7, 11) is 0. The molecule has 2 rings (SSSR count). The first kappa shape index (κ1) is 16.4. The van der Waals surface area contributed by atoms with Crippen molar-refractivity contribution in [3.05, 3.63) is 65.5 Å². The van der Waals surface area contributed by atoms with Crippen LogP contribution < -0.4 is 10.6 Å². The average molecular weight is 316 g/mol. The van der Waals surface area contributed by atoms with Crippen LogP contribution in [0.1, 0.15) is 31.0 Å². The Morgan fingerprint density at radius 2 is 1.68 bits per heavy atom. The number of rotatable bonds is 4. The van der Waals surface area contributed by atoms with E-state index in [1.807, 2.05) is 12.1 Å². The summed E-state index contributed by atoms with van der Waals surface area (Å²) in [4.78, 5) is 0. The van der Waals surface area contributed by atoms with E-state index in [0.717, 1.165) is 0 Å². The van der Waals surface area contributed by atoms with Crippen molar-refractivity contribution >= 4 is 23.0 Å². The molecule has 2 N–H and O–H groups in total. The standard InChI is InChI=1S/C18H21FN2S/c1-12(2)17(14-9-5-4-8-13(14)3)21-18(22)20-16-11-7-6-10-15(16)19/h4-12,17H,1-3H3,(H2,20,21,22)/t17-/m0/s1. The van der Waals surface area contributed by atoms with Gasteiger partial charge in [0.15, 0.2) is 5.11 Å². The Morgan fingerprint density at radius 3 is 2.32 bits per heavy atom. The maximum atomic E-state index is 13.7. The molecule has 0 saturated carbocycles. The van der Waals surface area contributed by atoms with Crippen molar-refractivity contribution in [3.63, 3.8) is 0 Å². The van der Waals surface area contributed by atoms with Crippen LogP contribution in [0.2, 0.25) is 0 Å². The third-order valence-corrected chi connectivity index (χ3v) is 3.82. The molecular weight excluding hydrogens is 295 g/mol. The maximum absolute atomic E-state index is 13.7. The number of hydrogen-bond donors (Lipinski definition) is 2. The summed E-state index contributed by atoms with van der Waals surface area (Å²) in [5.74, 6) is 0.0325. The lowest BCUT2D eigenvalue weighted by Crippen LogP contribution is -2.35. The summed E-state index contributed by atoms with van der Waals surface area (Å²) < 4.78 is 13.7.